The molecule has 2 aromatic rings. The predicted molar refractivity (Wildman–Crippen MR) is 185 cm³/mol. The van der Waals surface area contributed by atoms with Crippen LogP contribution in [-0.2, 0) is 40.0 Å². The zero-order chi connectivity index (χ0) is 37.1. The topological polar surface area (TPSA) is 228 Å². The van der Waals surface area contributed by atoms with Crippen LogP contribution in [0.15, 0.2) is 30.5 Å². The predicted octanol–water partition coefficient (Wildman–Crippen LogP) is 0.877. The fourth-order valence-corrected chi connectivity index (χ4v) is 5.82. The third-order valence-corrected chi connectivity index (χ3v) is 8.66. The Morgan fingerprint density at radius 3 is 1.88 bits per heavy atom. The number of benzene rings is 1. The molecule has 3 rings (SSSR count). The summed E-state index contributed by atoms with van der Waals surface area (Å²) in [6.07, 6.45) is 1.82. The quantitative estimate of drug-likeness (QED) is 0.177. The smallest absolute Gasteiger partial charge is 0.305 e. The Kier molecular flexibility index (Phi) is 14.3. The number of carbonyl (C=O) groups excluding carboxylic acids is 6. The Morgan fingerprint density at radius 2 is 1.30 bits per heavy atom. The summed E-state index contributed by atoms with van der Waals surface area (Å²) in [4.78, 5) is 96.2. The van der Waals surface area contributed by atoms with Gasteiger partial charge in [-0.05, 0) is 42.2 Å². The molecule has 1 aromatic carbocycles. The highest BCUT2D eigenvalue weighted by Gasteiger charge is 2.35. The second-order valence-electron chi connectivity index (χ2n) is 13.8. The number of H-pyrrole nitrogens is 1. The fourth-order valence-electron chi connectivity index (χ4n) is 5.82. The number of para-hydroxylation sites is 1. The molecule has 0 aliphatic carbocycles. The third kappa shape index (κ3) is 11.3. The normalized spacial score (nSPS) is 24.0. The standard InChI is InChI=1S/C35H51N7O8/c1-7-20(6)30-35(50)41-27(15-29(44)45)31(46)37-17-28(43)38-26(14-21-16-36-23-11-9-8-10-22(21)23)33(48)39-24(12-18(2)3)32(47)40-25(13-19(4)5)34(49)42-30/h8-11,16,18-20,24-27,30,36H,7,12-15,17H2,1-6H3,(H,37,46)(H,38,43)(H,39,48)(H,40,47)(H,41,50)(H,42,49)(H,44,45)/t20-,24-,25+,26-,27-,30-/m0/s1. The highest BCUT2D eigenvalue weighted by molar-refractivity contribution is 5.98. The number of rotatable bonds is 10. The lowest BCUT2D eigenvalue weighted by Crippen LogP contribution is -2.61. The number of carboxylic acids is 1. The first-order valence-electron chi connectivity index (χ1n) is 17.1. The molecule has 1 aliphatic rings. The van der Waals surface area contributed by atoms with Crippen molar-refractivity contribution in [1.29, 1.82) is 0 Å². The second kappa shape index (κ2) is 18.2. The SMILES string of the molecule is CC[C@H](C)[C@@H]1NC(=O)[C@@H](CC(C)C)NC(=O)[C@H](CC(C)C)NC(=O)[C@H](Cc2c[nH]c3ccccc23)NC(=O)CNC(=O)[C@H](CC(=O)O)NC1=O. The van der Waals surface area contributed by atoms with E-state index in [1.807, 2.05) is 52.0 Å². The van der Waals surface area contributed by atoms with Crippen LogP contribution >= 0.6 is 0 Å². The Morgan fingerprint density at radius 1 is 0.740 bits per heavy atom. The minimum absolute atomic E-state index is 0.0264. The van der Waals surface area contributed by atoms with Crippen LogP contribution < -0.4 is 31.9 Å². The minimum Gasteiger partial charge on any atom is -0.481 e. The zero-order valence-electron chi connectivity index (χ0n) is 29.6. The molecular formula is C35H51N7O8. The molecule has 1 fully saturated rings. The Hall–Kier alpha value is -4.95. The number of carboxylic acid groups (broad SMARTS) is 1. The van der Waals surface area contributed by atoms with Crippen molar-refractivity contribution < 1.29 is 38.7 Å². The Bertz CT molecular complexity index is 1550. The van der Waals surface area contributed by atoms with E-state index in [4.69, 9.17) is 0 Å². The van der Waals surface area contributed by atoms with Gasteiger partial charge in [-0.25, -0.2) is 0 Å². The summed E-state index contributed by atoms with van der Waals surface area (Å²) in [6.45, 7) is 10.4. The molecule has 2 heterocycles. The fraction of sp³-hybridized carbons (Fsp3) is 0.571. The molecule has 0 spiro atoms. The average molecular weight is 698 g/mol. The van der Waals surface area contributed by atoms with Crippen molar-refractivity contribution in [2.75, 3.05) is 6.54 Å². The first-order chi connectivity index (χ1) is 23.6. The van der Waals surface area contributed by atoms with Gasteiger partial charge in [0, 0.05) is 23.5 Å². The van der Waals surface area contributed by atoms with Gasteiger partial charge < -0.3 is 42.0 Å². The number of carbonyl (C=O) groups is 7. The number of aromatic amines is 1. The zero-order valence-corrected chi connectivity index (χ0v) is 29.6. The van der Waals surface area contributed by atoms with Crippen molar-refractivity contribution >= 4 is 52.3 Å². The summed E-state index contributed by atoms with van der Waals surface area (Å²) >= 11 is 0. The first kappa shape index (κ1) is 39.5. The lowest BCUT2D eigenvalue weighted by Gasteiger charge is -2.30. The summed E-state index contributed by atoms with van der Waals surface area (Å²) < 4.78 is 0. The molecule has 6 amide bonds. The number of fused-ring (bicyclic) bond motifs is 1. The maximum Gasteiger partial charge on any atom is 0.305 e. The number of aromatic nitrogens is 1. The van der Waals surface area contributed by atoms with Crippen molar-refractivity contribution in [2.45, 2.75) is 104 Å². The molecule has 0 unspecified atom stereocenters. The van der Waals surface area contributed by atoms with Crippen LogP contribution in [0, 0.1) is 17.8 Å². The molecule has 0 radical (unpaired) electrons. The maximum atomic E-state index is 13.9. The van der Waals surface area contributed by atoms with E-state index in [-0.39, 0.29) is 31.1 Å². The van der Waals surface area contributed by atoms with Crippen LogP contribution in [0.4, 0.5) is 0 Å². The number of hydrogen-bond acceptors (Lipinski definition) is 7. The molecule has 50 heavy (non-hydrogen) atoms. The van der Waals surface area contributed by atoms with E-state index >= 15 is 0 Å². The lowest BCUT2D eigenvalue weighted by molar-refractivity contribution is -0.141. The van der Waals surface area contributed by atoms with Crippen molar-refractivity contribution in [1.82, 2.24) is 36.9 Å². The minimum atomic E-state index is -1.58. The molecular weight excluding hydrogens is 646 g/mol. The van der Waals surface area contributed by atoms with Crippen molar-refractivity contribution in [3.63, 3.8) is 0 Å². The van der Waals surface area contributed by atoms with Gasteiger partial charge in [-0.15, -0.1) is 0 Å². The van der Waals surface area contributed by atoms with Gasteiger partial charge in [-0.3, -0.25) is 33.6 Å². The molecule has 0 bridgehead atoms. The molecule has 8 N–H and O–H groups in total. The molecule has 6 atom stereocenters. The van der Waals surface area contributed by atoms with E-state index in [1.54, 1.807) is 20.0 Å². The van der Waals surface area contributed by atoms with Crippen molar-refractivity contribution in [3.05, 3.63) is 36.0 Å². The van der Waals surface area contributed by atoms with E-state index in [0.29, 0.717) is 12.0 Å². The van der Waals surface area contributed by atoms with Crippen LogP contribution in [0.1, 0.15) is 72.8 Å². The van der Waals surface area contributed by atoms with E-state index in [2.05, 4.69) is 36.9 Å². The van der Waals surface area contributed by atoms with Crippen LogP contribution in [0.2, 0.25) is 0 Å². The van der Waals surface area contributed by atoms with Gasteiger partial charge in [0.2, 0.25) is 35.4 Å². The van der Waals surface area contributed by atoms with Gasteiger partial charge in [0.1, 0.15) is 30.2 Å². The van der Waals surface area contributed by atoms with Crippen LogP contribution in [0.3, 0.4) is 0 Å². The highest BCUT2D eigenvalue weighted by atomic mass is 16.4. The average Bonchev–Trinajstić information content (AvgIpc) is 3.45. The first-order valence-corrected chi connectivity index (χ1v) is 17.1. The number of nitrogens with one attached hydrogen (secondary N) is 7. The van der Waals surface area contributed by atoms with Crippen LogP contribution in [0.5, 0.6) is 0 Å². The summed E-state index contributed by atoms with van der Waals surface area (Å²) in [7, 11) is 0. The van der Waals surface area contributed by atoms with Gasteiger partial charge >= 0.3 is 5.97 Å². The summed E-state index contributed by atoms with van der Waals surface area (Å²) in [5.41, 5.74) is 1.53. The van der Waals surface area contributed by atoms with E-state index in [9.17, 15) is 38.7 Å². The molecule has 1 saturated heterocycles. The molecule has 1 aliphatic heterocycles. The second-order valence-corrected chi connectivity index (χ2v) is 13.8. The van der Waals surface area contributed by atoms with Crippen molar-refractivity contribution in [2.24, 2.45) is 17.8 Å². The lowest BCUT2D eigenvalue weighted by atomic mass is 9.95. The molecule has 1 aromatic heterocycles. The highest BCUT2D eigenvalue weighted by Crippen LogP contribution is 2.20. The van der Waals surface area contributed by atoms with Gasteiger partial charge in [0.05, 0.1) is 13.0 Å². The van der Waals surface area contributed by atoms with Crippen LogP contribution in [0.25, 0.3) is 10.9 Å². The maximum absolute atomic E-state index is 13.9. The van der Waals surface area contributed by atoms with Gasteiger partial charge in [-0.2, -0.15) is 0 Å². The monoisotopic (exact) mass is 697 g/mol. The van der Waals surface area contributed by atoms with Crippen molar-refractivity contribution in [3.8, 4) is 0 Å². The largest absolute Gasteiger partial charge is 0.481 e. The van der Waals surface area contributed by atoms with Crippen LogP contribution in [-0.4, -0.2) is 88.3 Å². The third-order valence-electron chi connectivity index (χ3n) is 8.66. The van der Waals surface area contributed by atoms with Gasteiger partial charge in [0.25, 0.3) is 0 Å². The summed E-state index contributed by atoms with van der Waals surface area (Å²) in [5, 5.41) is 26.0. The summed E-state index contributed by atoms with van der Waals surface area (Å²) in [6, 6.07) is 1.29. The molecule has 0 saturated carbocycles. The van der Waals surface area contributed by atoms with E-state index in [0.717, 1.165) is 10.9 Å². The Labute approximate surface area is 291 Å². The summed E-state index contributed by atoms with van der Waals surface area (Å²) in [5.74, 6) is -6.33. The van der Waals surface area contributed by atoms with Gasteiger partial charge in [-0.1, -0.05) is 66.2 Å². The molecule has 15 nitrogen and oxygen atoms in total. The molecule has 274 valence electrons. The number of aliphatic carboxylic acids is 1. The van der Waals surface area contributed by atoms with Gasteiger partial charge in [0.15, 0.2) is 0 Å². The van der Waals surface area contributed by atoms with E-state index < -0.39 is 90.5 Å². The number of hydrogen-bond donors (Lipinski definition) is 8. The number of amides is 6. The van der Waals surface area contributed by atoms with E-state index in [1.165, 1.54) is 0 Å². The molecule has 15 heteroatoms. The Balaban J connectivity index is 2.05.